The molecule has 1 aliphatic carbocycles. The van der Waals surface area contributed by atoms with E-state index in [4.69, 9.17) is 28.0 Å². The zero-order chi connectivity index (χ0) is 28.4. The van der Waals surface area contributed by atoms with E-state index in [0.29, 0.717) is 30.9 Å². The van der Waals surface area contributed by atoms with Crippen LogP contribution in [0.2, 0.25) is 10.0 Å². The number of carbonyl (C=O) groups excluding carboxylic acids is 1. The number of hydrogen-bond donors (Lipinski definition) is 5. The second-order valence-electron chi connectivity index (χ2n) is 9.75. The van der Waals surface area contributed by atoms with Crippen LogP contribution >= 0.6 is 23.2 Å². The topological polar surface area (TPSA) is 166 Å². The van der Waals surface area contributed by atoms with Crippen LogP contribution in [-0.2, 0) is 37.3 Å². The van der Waals surface area contributed by atoms with E-state index in [0.717, 1.165) is 48.9 Å². The lowest BCUT2D eigenvalue weighted by atomic mass is 10.0. The summed E-state index contributed by atoms with van der Waals surface area (Å²) in [4.78, 5) is 39.1. The molecule has 1 fully saturated rings. The Hall–Kier alpha value is -2.42. The number of unbranched alkanes of at least 4 members (excludes halogenated alkanes) is 1. The molecule has 2 aliphatic rings. The number of fused-ring (bicyclic) bond motifs is 1. The first-order chi connectivity index (χ1) is 18.5. The van der Waals surface area contributed by atoms with Crippen molar-refractivity contribution in [2.45, 2.75) is 75.4 Å². The van der Waals surface area contributed by atoms with Crippen molar-refractivity contribution in [3.63, 3.8) is 0 Å². The number of imidazole rings is 1. The van der Waals surface area contributed by atoms with Gasteiger partial charge >= 0.3 is 5.97 Å². The molecule has 1 aromatic carbocycles. The van der Waals surface area contributed by atoms with Crippen molar-refractivity contribution >= 4 is 56.7 Å². The van der Waals surface area contributed by atoms with E-state index < -0.39 is 38.5 Å². The number of nitrogens with zero attached hydrogens (tertiary/aromatic N) is 2. The summed E-state index contributed by atoms with van der Waals surface area (Å²) >= 11 is 12.8. The molecule has 2 unspecified atom stereocenters. The number of carbonyl (C=O) groups is 2. The molecule has 2 aromatic rings. The minimum Gasteiger partial charge on any atom is -0.478 e. The van der Waals surface area contributed by atoms with E-state index >= 15 is 0 Å². The quantitative estimate of drug-likeness (QED) is 0.242. The lowest BCUT2D eigenvalue weighted by Gasteiger charge is -2.39. The van der Waals surface area contributed by atoms with Crippen molar-refractivity contribution in [2.24, 2.45) is 0 Å². The normalized spacial score (nSPS) is 18.8. The average Bonchev–Trinajstić information content (AvgIpc) is 3.53. The van der Waals surface area contributed by atoms with Crippen LogP contribution in [0, 0.1) is 0 Å². The minimum atomic E-state index is -4.63. The number of aromatic amines is 1. The molecule has 0 radical (unpaired) electrons. The van der Waals surface area contributed by atoms with E-state index in [9.17, 15) is 23.1 Å². The number of nitrogens with one attached hydrogen (secondary N) is 4. The van der Waals surface area contributed by atoms with Gasteiger partial charge in [-0.1, -0.05) is 36.5 Å². The summed E-state index contributed by atoms with van der Waals surface area (Å²) in [6.45, 7) is 3.25. The van der Waals surface area contributed by atoms with Crippen molar-refractivity contribution < 1.29 is 28.0 Å². The summed E-state index contributed by atoms with van der Waals surface area (Å²) in [5.41, 5.74) is 2.65. The fourth-order valence-electron chi connectivity index (χ4n) is 4.69. The Bertz CT molecular complexity index is 1300. The maximum Gasteiger partial charge on any atom is 0.345 e. The number of halogens is 2. The monoisotopic (exact) mass is 602 g/mol. The van der Waals surface area contributed by atoms with Crippen molar-refractivity contribution in [1.82, 2.24) is 25.1 Å². The summed E-state index contributed by atoms with van der Waals surface area (Å²) < 4.78 is 29.3. The number of benzene rings is 1. The first-order valence-electron chi connectivity index (χ1n) is 12.8. The van der Waals surface area contributed by atoms with Crippen LogP contribution in [0.1, 0.15) is 57.3 Å². The number of carboxylic acid groups (broad SMARTS) is 1. The number of aromatic nitrogens is 2. The zero-order valence-electron chi connectivity index (χ0n) is 21.6. The van der Waals surface area contributed by atoms with Gasteiger partial charge in [0.1, 0.15) is 10.9 Å². The third-order valence-corrected chi connectivity index (χ3v) is 9.27. The summed E-state index contributed by atoms with van der Waals surface area (Å²) in [5, 5.41) is 12.7. The lowest BCUT2D eigenvalue weighted by molar-refractivity contribution is -0.160. The van der Waals surface area contributed by atoms with Gasteiger partial charge in [0.15, 0.2) is 0 Å². The molecule has 0 saturated carbocycles. The summed E-state index contributed by atoms with van der Waals surface area (Å²) in [7, 11) is -4.63. The Morgan fingerprint density at radius 3 is 2.54 bits per heavy atom. The van der Waals surface area contributed by atoms with Gasteiger partial charge in [0.05, 0.1) is 22.3 Å². The van der Waals surface area contributed by atoms with E-state index in [1.54, 1.807) is 0 Å². The summed E-state index contributed by atoms with van der Waals surface area (Å²) in [5.74, 6) is -1.69. The van der Waals surface area contributed by atoms with E-state index in [1.165, 1.54) is 12.1 Å². The molecule has 2 heterocycles. The highest BCUT2D eigenvalue weighted by Gasteiger charge is 2.48. The first-order valence-corrected chi connectivity index (χ1v) is 15.0. The number of carboxylic acids is 1. The Balaban J connectivity index is 1.62. The lowest BCUT2D eigenvalue weighted by Crippen LogP contribution is -2.67. The number of amides is 1. The number of anilines is 2. The Morgan fingerprint density at radius 1 is 1.26 bits per heavy atom. The van der Waals surface area contributed by atoms with Crippen LogP contribution in [0.5, 0.6) is 0 Å². The van der Waals surface area contributed by atoms with Gasteiger partial charge in [0.25, 0.3) is 0 Å². The number of hydrogen-bond acceptors (Lipinski definition) is 8. The molecule has 4 rings (SSSR count). The third kappa shape index (κ3) is 6.34. The average molecular weight is 604 g/mol. The van der Waals surface area contributed by atoms with Gasteiger partial charge in [0, 0.05) is 17.9 Å². The molecule has 39 heavy (non-hydrogen) atoms. The minimum absolute atomic E-state index is 0.00369. The predicted molar refractivity (Wildman–Crippen MR) is 145 cm³/mol. The molecular weight excluding hydrogens is 571 g/mol. The first kappa shape index (κ1) is 29.6. The molecule has 2 atom stereocenters. The molecule has 5 N–H and O–H groups in total. The fraction of sp³-hybridized carbons (Fsp3) is 0.542. The third-order valence-electron chi connectivity index (χ3n) is 6.81. The summed E-state index contributed by atoms with van der Waals surface area (Å²) in [6.07, 6.45) is 5.33. The molecule has 1 aliphatic heterocycles. The van der Waals surface area contributed by atoms with Crippen molar-refractivity contribution in [2.75, 3.05) is 18.5 Å². The second kappa shape index (κ2) is 12.0. The van der Waals surface area contributed by atoms with Crippen LogP contribution in [-0.4, -0.2) is 65.1 Å². The number of hydroxylamine groups is 1. The highest BCUT2D eigenvalue weighted by molar-refractivity contribution is 7.89. The van der Waals surface area contributed by atoms with E-state index in [-0.39, 0.29) is 23.2 Å². The zero-order valence-corrected chi connectivity index (χ0v) is 24.0. The van der Waals surface area contributed by atoms with Crippen LogP contribution in [0.25, 0.3) is 0 Å². The van der Waals surface area contributed by atoms with Crippen LogP contribution in [0.4, 0.5) is 11.6 Å². The highest BCUT2D eigenvalue weighted by Crippen LogP contribution is 2.35. The van der Waals surface area contributed by atoms with Crippen LogP contribution < -0.4 is 15.5 Å². The fourth-order valence-corrected chi connectivity index (χ4v) is 7.24. The molecule has 214 valence electrons. The van der Waals surface area contributed by atoms with E-state index in [1.807, 2.05) is 6.92 Å². The SMILES string of the molecule is CCCCN(C(=O)C1CCON1)C(C)(NS(=O)(=O)c1c(Cl)cc(Nc2nc3c([nH]2)CCCC3)cc1Cl)C(=O)O. The van der Waals surface area contributed by atoms with Gasteiger partial charge in [-0.3, -0.25) is 4.79 Å². The molecule has 0 bridgehead atoms. The number of rotatable bonds is 11. The molecule has 0 spiro atoms. The molecule has 12 nitrogen and oxygen atoms in total. The smallest absolute Gasteiger partial charge is 0.345 e. The van der Waals surface area contributed by atoms with Crippen molar-refractivity contribution in [1.29, 1.82) is 0 Å². The van der Waals surface area contributed by atoms with Gasteiger partial charge in [-0.05, 0) is 57.6 Å². The van der Waals surface area contributed by atoms with Crippen molar-refractivity contribution in [3.05, 3.63) is 33.6 Å². The molecule has 1 aromatic heterocycles. The van der Waals surface area contributed by atoms with E-state index in [2.05, 4.69) is 25.5 Å². The standard InChI is InChI=1S/C24H32Cl2N6O6S/c1-3-4-10-32(21(33)19-9-11-38-30-19)24(2,22(34)35)31-39(36,37)20-15(25)12-14(13-16(20)26)27-23-28-17-7-5-6-8-18(17)29-23/h12-13,19,30-31H,3-11H2,1-2H3,(H,34,35)(H2,27,28,29). The van der Waals surface area contributed by atoms with Crippen molar-refractivity contribution in [3.8, 4) is 0 Å². The molecule has 15 heteroatoms. The number of sulfonamides is 1. The van der Waals surface area contributed by atoms with Gasteiger partial charge in [-0.2, -0.15) is 10.2 Å². The Labute approximate surface area is 236 Å². The largest absolute Gasteiger partial charge is 0.478 e. The number of H-pyrrole nitrogens is 1. The van der Waals surface area contributed by atoms with Crippen LogP contribution in [0.15, 0.2) is 17.0 Å². The maximum absolute atomic E-state index is 13.6. The van der Waals surface area contributed by atoms with Gasteiger partial charge in [-0.15, -0.1) is 0 Å². The molecule has 1 amide bonds. The summed E-state index contributed by atoms with van der Waals surface area (Å²) in [6, 6.07) is 1.91. The number of aryl methyl sites for hydroxylation is 2. The van der Waals surface area contributed by atoms with Gasteiger partial charge in [-0.25, -0.2) is 18.2 Å². The Morgan fingerprint density at radius 2 is 1.95 bits per heavy atom. The maximum atomic E-state index is 13.6. The van der Waals surface area contributed by atoms with Crippen LogP contribution in [0.3, 0.4) is 0 Å². The predicted octanol–water partition coefficient (Wildman–Crippen LogP) is 3.34. The highest BCUT2D eigenvalue weighted by atomic mass is 35.5. The Kier molecular flexibility index (Phi) is 9.08. The molecular formula is C24H32Cl2N6O6S. The number of aliphatic carboxylic acids is 1. The molecule has 1 saturated heterocycles. The van der Waals surface area contributed by atoms with Gasteiger partial charge < -0.3 is 25.1 Å². The van der Waals surface area contributed by atoms with Gasteiger partial charge in [0.2, 0.25) is 27.5 Å². The second-order valence-corrected chi connectivity index (χ2v) is 12.2.